The van der Waals surface area contributed by atoms with E-state index < -0.39 is 0 Å². The first-order valence-corrected chi connectivity index (χ1v) is 8.97. The van der Waals surface area contributed by atoms with E-state index in [1.54, 1.807) is 35.2 Å². The van der Waals surface area contributed by atoms with Crippen LogP contribution in [0.3, 0.4) is 0 Å². The van der Waals surface area contributed by atoms with Crippen molar-refractivity contribution in [2.75, 3.05) is 13.1 Å². The summed E-state index contributed by atoms with van der Waals surface area (Å²) in [5.74, 6) is -0.271. The number of likely N-dealkylation sites (tertiary alicyclic amines) is 1. The minimum atomic E-state index is -0.171. The van der Waals surface area contributed by atoms with Gasteiger partial charge in [0.2, 0.25) is 0 Å². The lowest BCUT2D eigenvalue weighted by Crippen LogP contribution is -2.46. The van der Waals surface area contributed by atoms with E-state index in [2.05, 4.69) is 21.2 Å². The Morgan fingerprint density at radius 1 is 1.04 bits per heavy atom. The summed E-state index contributed by atoms with van der Waals surface area (Å²) < 4.78 is 0.931. The molecule has 0 bridgehead atoms. The predicted molar refractivity (Wildman–Crippen MR) is 98.6 cm³/mol. The molecule has 0 spiro atoms. The van der Waals surface area contributed by atoms with Crippen LogP contribution < -0.4 is 5.32 Å². The van der Waals surface area contributed by atoms with Gasteiger partial charge in [-0.05, 0) is 49.2 Å². The Kier molecular flexibility index (Phi) is 5.38. The summed E-state index contributed by atoms with van der Waals surface area (Å²) in [7, 11) is 0. The zero-order valence-corrected chi connectivity index (χ0v) is 15.2. The van der Waals surface area contributed by atoms with E-state index in [9.17, 15) is 14.7 Å². The van der Waals surface area contributed by atoms with Crippen LogP contribution in [0.15, 0.2) is 53.0 Å². The number of para-hydroxylation sites is 1. The maximum absolute atomic E-state index is 12.5. The van der Waals surface area contributed by atoms with Crippen LogP contribution in [0, 0.1) is 0 Å². The Morgan fingerprint density at radius 2 is 1.68 bits per heavy atom. The third kappa shape index (κ3) is 4.20. The van der Waals surface area contributed by atoms with Crippen LogP contribution in [-0.4, -0.2) is 41.0 Å². The molecule has 0 aromatic heterocycles. The first-order valence-electron chi connectivity index (χ1n) is 8.18. The number of benzene rings is 2. The number of carbonyl (C=O) groups is 2. The lowest BCUT2D eigenvalue weighted by atomic mass is 10.0. The second-order valence-corrected chi connectivity index (χ2v) is 6.98. The van der Waals surface area contributed by atoms with Crippen LogP contribution in [0.1, 0.15) is 33.6 Å². The van der Waals surface area contributed by atoms with Gasteiger partial charge in [-0.15, -0.1) is 0 Å². The number of halogens is 1. The van der Waals surface area contributed by atoms with Crippen LogP contribution >= 0.6 is 15.9 Å². The number of aromatic hydroxyl groups is 1. The molecule has 1 saturated heterocycles. The number of phenols is 1. The number of piperidine rings is 1. The second kappa shape index (κ2) is 7.70. The van der Waals surface area contributed by atoms with Gasteiger partial charge in [-0.1, -0.05) is 28.1 Å². The molecule has 2 N–H and O–H groups in total. The summed E-state index contributed by atoms with van der Waals surface area (Å²) in [6, 6.07) is 13.8. The van der Waals surface area contributed by atoms with Crippen LogP contribution in [0.5, 0.6) is 5.75 Å². The summed E-state index contributed by atoms with van der Waals surface area (Å²) in [6.45, 7) is 1.11. The Balaban J connectivity index is 1.55. The quantitative estimate of drug-likeness (QED) is 0.827. The van der Waals surface area contributed by atoms with Gasteiger partial charge in [-0.2, -0.15) is 0 Å². The molecule has 1 fully saturated rings. The highest BCUT2D eigenvalue weighted by atomic mass is 79.9. The third-order valence-electron chi connectivity index (χ3n) is 4.36. The number of rotatable bonds is 3. The van der Waals surface area contributed by atoms with Crippen molar-refractivity contribution in [2.24, 2.45) is 0 Å². The van der Waals surface area contributed by atoms with Gasteiger partial charge in [0.05, 0.1) is 5.56 Å². The molecule has 6 heteroatoms. The molecule has 1 heterocycles. The van der Waals surface area contributed by atoms with Crippen LogP contribution in [0.2, 0.25) is 0 Å². The van der Waals surface area contributed by atoms with Crippen LogP contribution in [0.25, 0.3) is 0 Å². The third-order valence-corrected chi connectivity index (χ3v) is 4.89. The Morgan fingerprint density at radius 3 is 2.32 bits per heavy atom. The molecule has 0 radical (unpaired) electrons. The molecular formula is C19H19BrN2O3. The molecule has 25 heavy (non-hydrogen) atoms. The molecular weight excluding hydrogens is 384 g/mol. The summed E-state index contributed by atoms with van der Waals surface area (Å²) in [6.07, 6.45) is 1.39. The van der Waals surface area contributed by atoms with Gasteiger partial charge in [0.25, 0.3) is 11.8 Å². The minimum absolute atomic E-state index is 0.00170. The van der Waals surface area contributed by atoms with Crippen LogP contribution in [-0.2, 0) is 0 Å². The molecule has 1 aliphatic heterocycles. The van der Waals surface area contributed by atoms with E-state index in [0.29, 0.717) is 37.1 Å². The highest BCUT2D eigenvalue weighted by Crippen LogP contribution is 2.21. The summed E-state index contributed by atoms with van der Waals surface area (Å²) >= 11 is 3.35. The first kappa shape index (κ1) is 17.5. The number of phenolic OH excluding ortho intramolecular Hbond substituents is 1. The average Bonchev–Trinajstić information content (AvgIpc) is 2.63. The van der Waals surface area contributed by atoms with Gasteiger partial charge >= 0.3 is 0 Å². The van der Waals surface area contributed by atoms with Crippen molar-refractivity contribution in [1.82, 2.24) is 10.2 Å². The molecule has 2 amide bonds. The van der Waals surface area contributed by atoms with E-state index in [0.717, 1.165) is 4.47 Å². The van der Waals surface area contributed by atoms with Crippen molar-refractivity contribution in [1.29, 1.82) is 0 Å². The molecule has 2 aromatic carbocycles. The monoisotopic (exact) mass is 402 g/mol. The number of nitrogens with one attached hydrogen (secondary N) is 1. The molecule has 0 saturated carbocycles. The molecule has 5 nitrogen and oxygen atoms in total. The maximum Gasteiger partial charge on any atom is 0.257 e. The normalized spacial score (nSPS) is 15.0. The topological polar surface area (TPSA) is 69.6 Å². The standard InChI is InChI=1S/C19H19BrN2O3/c20-14-7-5-13(6-8-14)18(24)21-15-9-11-22(12-10-15)19(25)16-3-1-2-4-17(16)23/h1-8,15,23H,9-12H2,(H,21,24). The number of hydrogen-bond donors (Lipinski definition) is 2. The molecule has 130 valence electrons. The molecule has 0 aliphatic carbocycles. The molecule has 0 atom stereocenters. The van der Waals surface area contributed by atoms with Gasteiger partial charge in [0.15, 0.2) is 0 Å². The Hall–Kier alpha value is -2.34. The zero-order chi connectivity index (χ0) is 17.8. The van der Waals surface area contributed by atoms with Gasteiger partial charge in [0, 0.05) is 29.2 Å². The van der Waals surface area contributed by atoms with Gasteiger partial charge in [0.1, 0.15) is 5.75 Å². The van der Waals surface area contributed by atoms with E-state index in [4.69, 9.17) is 0 Å². The maximum atomic E-state index is 12.5. The highest BCUT2D eigenvalue weighted by molar-refractivity contribution is 9.10. The SMILES string of the molecule is O=C(NC1CCN(C(=O)c2ccccc2O)CC1)c1ccc(Br)cc1. The largest absolute Gasteiger partial charge is 0.507 e. The summed E-state index contributed by atoms with van der Waals surface area (Å²) in [4.78, 5) is 26.5. The minimum Gasteiger partial charge on any atom is -0.507 e. The molecule has 0 unspecified atom stereocenters. The number of carbonyl (C=O) groups excluding carboxylic acids is 2. The van der Waals surface area contributed by atoms with Crippen molar-refractivity contribution in [3.63, 3.8) is 0 Å². The van der Waals surface area contributed by atoms with Crippen molar-refractivity contribution in [2.45, 2.75) is 18.9 Å². The fraction of sp³-hybridized carbons (Fsp3) is 0.263. The van der Waals surface area contributed by atoms with E-state index in [1.807, 2.05) is 12.1 Å². The lowest BCUT2D eigenvalue weighted by Gasteiger charge is -2.32. The van der Waals surface area contributed by atoms with Gasteiger partial charge < -0.3 is 15.3 Å². The van der Waals surface area contributed by atoms with Crippen molar-refractivity contribution >= 4 is 27.7 Å². The molecule has 2 aromatic rings. The fourth-order valence-electron chi connectivity index (χ4n) is 2.92. The number of nitrogens with zero attached hydrogens (tertiary/aromatic N) is 1. The van der Waals surface area contributed by atoms with Crippen molar-refractivity contribution < 1.29 is 14.7 Å². The Bertz CT molecular complexity index is 768. The summed E-state index contributed by atoms with van der Waals surface area (Å²) in [5.41, 5.74) is 0.941. The summed E-state index contributed by atoms with van der Waals surface area (Å²) in [5, 5.41) is 12.8. The zero-order valence-electron chi connectivity index (χ0n) is 13.6. The first-order chi connectivity index (χ1) is 12.0. The average molecular weight is 403 g/mol. The number of amides is 2. The van der Waals surface area contributed by atoms with Gasteiger partial charge in [-0.3, -0.25) is 9.59 Å². The molecule has 3 rings (SSSR count). The second-order valence-electron chi connectivity index (χ2n) is 6.06. The highest BCUT2D eigenvalue weighted by Gasteiger charge is 2.26. The smallest absolute Gasteiger partial charge is 0.257 e. The Labute approximate surface area is 154 Å². The van der Waals surface area contributed by atoms with E-state index >= 15 is 0 Å². The predicted octanol–water partition coefficient (Wildman–Crippen LogP) is 3.19. The lowest BCUT2D eigenvalue weighted by molar-refractivity contribution is 0.0695. The van der Waals surface area contributed by atoms with E-state index in [1.165, 1.54) is 6.07 Å². The van der Waals surface area contributed by atoms with Crippen molar-refractivity contribution in [3.05, 3.63) is 64.1 Å². The van der Waals surface area contributed by atoms with E-state index in [-0.39, 0.29) is 23.6 Å². The fourth-order valence-corrected chi connectivity index (χ4v) is 3.19. The van der Waals surface area contributed by atoms with Crippen LogP contribution in [0.4, 0.5) is 0 Å². The molecule has 1 aliphatic rings. The number of hydrogen-bond acceptors (Lipinski definition) is 3. The van der Waals surface area contributed by atoms with Gasteiger partial charge in [-0.25, -0.2) is 0 Å². The van der Waals surface area contributed by atoms with Crippen molar-refractivity contribution in [3.8, 4) is 5.75 Å².